The summed E-state index contributed by atoms with van der Waals surface area (Å²) < 4.78 is 24.9. The Bertz CT molecular complexity index is 1470. The van der Waals surface area contributed by atoms with Gasteiger partial charge in [-0.05, 0) is 122 Å². The van der Waals surface area contributed by atoms with Crippen molar-refractivity contribution in [2.75, 3.05) is 26.4 Å². The summed E-state index contributed by atoms with van der Waals surface area (Å²) in [4.78, 5) is 0. The highest BCUT2D eigenvalue weighted by molar-refractivity contribution is 7.08. The zero-order chi connectivity index (χ0) is 33.2. The zero-order valence-electron chi connectivity index (χ0n) is 29.3. The summed E-state index contributed by atoms with van der Waals surface area (Å²) in [6.45, 7) is 9.51. The molecule has 1 aromatic carbocycles. The Labute approximate surface area is 291 Å². The van der Waals surface area contributed by atoms with Crippen LogP contribution in [0.4, 0.5) is 0 Å². The van der Waals surface area contributed by atoms with Gasteiger partial charge >= 0.3 is 0 Å². The van der Waals surface area contributed by atoms with Gasteiger partial charge in [0.15, 0.2) is 12.1 Å². The van der Waals surface area contributed by atoms with Crippen LogP contribution in [0.2, 0.25) is 0 Å². The van der Waals surface area contributed by atoms with E-state index >= 15 is 0 Å². The van der Waals surface area contributed by atoms with Crippen molar-refractivity contribution in [3.63, 3.8) is 0 Å². The van der Waals surface area contributed by atoms with Gasteiger partial charge in [0.25, 0.3) is 0 Å². The van der Waals surface area contributed by atoms with Crippen molar-refractivity contribution >= 4 is 11.3 Å². The first kappa shape index (κ1) is 33.6. The van der Waals surface area contributed by atoms with Gasteiger partial charge in [0, 0.05) is 42.8 Å². The lowest BCUT2D eigenvalue weighted by Gasteiger charge is -2.58. The molecule has 6 aliphatic rings. The first-order chi connectivity index (χ1) is 23.0. The van der Waals surface area contributed by atoms with Gasteiger partial charge in [-0.2, -0.15) is 11.3 Å². The fourth-order valence-corrected chi connectivity index (χ4v) is 11.5. The number of aliphatic hydroxyl groups is 2. The van der Waals surface area contributed by atoms with E-state index in [0.717, 1.165) is 83.7 Å². The first-order valence-electron chi connectivity index (χ1n) is 18.8. The number of benzene rings is 1. The van der Waals surface area contributed by atoms with Gasteiger partial charge in [-0.15, -0.1) is 0 Å². The smallest absolute Gasteiger partial charge is 0.171 e. The van der Waals surface area contributed by atoms with Crippen molar-refractivity contribution in [2.45, 2.75) is 133 Å². The van der Waals surface area contributed by atoms with Gasteiger partial charge in [0.1, 0.15) is 0 Å². The van der Waals surface area contributed by atoms with Crippen LogP contribution >= 0.6 is 11.3 Å². The van der Waals surface area contributed by atoms with Crippen LogP contribution in [-0.2, 0) is 18.9 Å². The van der Waals surface area contributed by atoms with Crippen molar-refractivity contribution in [2.24, 2.45) is 22.7 Å². The molecule has 0 amide bonds. The fourth-order valence-electron chi connectivity index (χ4n) is 10.8. The highest BCUT2D eigenvalue weighted by Crippen LogP contribution is 2.68. The van der Waals surface area contributed by atoms with Crippen LogP contribution in [-0.4, -0.2) is 59.9 Å². The molecule has 0 radical (unpaired) electrons. The standard InChI is InChI=1S/C41H56O6S/c1-37(2)26-46-41(47-27-37)19-14-34-36-31(12-17-39(34,42)25-41)33-13-18-40(43,16-6-21-45-35-7-4-5-20-44-35)38(33,3)23-32(36)29-10-8-28(9-11-29)30-15-22-48-24-30/h8-11,15,22,24,31-33,35,42-43H,4-7,12-14,16-21,23,25-27H2,1-3H3/t31-,32+,33-,35?,38+,39+,40+/m0/s1. The monoisotopic (exact) mass is 676 g/mol. The summed E-state index contributed by atoms with van der Waals surface area (Å²) in [7, 11) is 0. The summed E-state index contributed by atoms with van der Waals surface area (Å²) >= 11 is 1.73. The van der Waals surface area contributed by atoms with Gasteiger partial charge in [0.05, 0.1) is 24.4 Å². The molecule has 2 saturated heterocycles. The maximum absolute atomic E-state index is 12.6. The summed E-state index contributed by atoms with van der Waals surface area (Å²) in [5.74, 6) is 0.229. The van der Waals surface area contributed by atoms with E-state index in [1.807, 2.05) is 0 Å². The SMILES string of the molecule is CC1(C)COC2(CCC3=C4[C@@H](CC[C@@]3(O)C2)[C@@H]2CC[C@](O)(CCCOC3CCCCO3)[C@]2(C)C[C@@H]4c2ccc(-c3ccsc3)cc2)OC1. The van der Waals surface area contributed by atoms with Crippen molar-refractivity contribution in [3.05, 3.63) is 57.8 Å². The van der Waals surface area contributed by atoms with Gasteiger partial charge in [-0.25, -0.2) is 0 Å². The van der Waals surface area contributed by atoms with E-state index in [1.54, 1.807) is 11.3 Å². The average molecular weight is 677 g/mol. The third kappa shape index (κ3) is 5.87. The molecule has 1 aromatic heterocycles. The average Bonchev–Trinajstić information content (AvgIpc) is 3.71. The third-order valence-corrected chi connectivity index (χ3v) is 14.2. The second kappa shape index (κ2) is 12.6. The van der Waals surface area contributed by atoms with E-state index in [0.29, 0.717) is 38.1 Å². The van der Waals surface area contributed by atoms with Gasteiger partial charge < -0.3 is 29.2 Å². The lowest BCUT2D eigenvalue weighted by molar-refractivity contribution is -0.322. The fraction of sp³-hybridized carbons (Fsp3) is 0.707. The van der Waals surface area contributed by atoms with Crippen LogP contribution in [0.1, 0.15) is 116 Å². The van der Waals surface area contributed by atoms with Crippen LogP contribution < -0.4 is 0 Å². The van der Waals surface area contributed by atoms with E-state index in [1.165, 1.54) is 27.8 Å². The van der Waals surface area contributed by atoms with E-state index in [4.69, 9.17) is 18.9 Å². The number of hydrogen-bond donors (Lipinski definition) is 2. The Morgan fingerprint density at radius 3 is 2.46 bits per heavy atom. The molecule has 48 heavy (non-hydrogen) atoms. The third-order valence-electron chi connectivity index (χ3n) is 13.5. The molecular weight excluding hydrogens is 621 g/mol. The minimum absolute atomic E-state index is 0.00653. The van der Waals surface area contributed by atoms with Crippen LogP contribution in [0.3, 0.4) is 0 Å². The van der Waals surface area contributed by atoms with Gasteiger partial charge in [-0.3, -0.25) is 0 Å². The maximum atomic E-state index is 12.6. The summed E-state index contributed by atoms with van der Waals surface area (Å²) in [5, 5.41) is 29.5. The molecule has 7 atom stereocenters. The van der Waals surface area contributed by atoms with Crippen molar-refractivity contribution < 1.29 is 29.2 Å². The predicted octanol–water partition coefficient (Wildman–Crippen LogP) is 8.76. The van der Waals surface area contributed by atoms with E-state index < -0.39 is 17.0 Å². The van der Waals surface area contributed by atoms with E-state index in [2.05, 4.69) is 61.9 Å². The van der Waals surface area contributed by atoms with Gasteiger partial charge in [0.2, 0.25) is 0 Å². The molecule has 7 heteroatoms. The molecule has 8 rings (SSSR count). The van der Waals surface area contributed by atoms with E-state index in [-0.39, 0.29) is 23.0 Å². The highest BCUT2D eigenvalue weighted by Gasteiger charge is 2.64. The second-order valence-electron chi connectivity index (χ2n) is 17.2. The van der Waals surface area contributed by atoms with Crippen LogP contribution in [0, 0.1) is 22.7 Å². The van der Waals surface area contributed by atoms with Crippen molar-refractivity contribution in [1.29, 1.82) is 0 Å². The molecule has 3 heterocycles. The molecule has 2 aromatic rings. The number of fused-ring (bicyclic) bond motifs is 4. The molecule has 6 nitrogen and oxygen atoms in total. The van der Waals surface area contributed by atoms with E-state index in [9.17, 15) is 10.2 Å². The zero-order valence-corrected chi connectivity index (χ0v) is 30.1. The summed E-state index contributed by atoms with van der Waals surface area (Å²) in [6.07, 6.45) is 11.3. The lowest BCUT2D eigenvalue weighted by atomic mass is 9.49. The number of ether oxygens (including phenoxy) is 4. The lowest BCUT2D eigenvalue weighted by Crippen LogP contribution is -2.58. The normalized spacial score (nSPS) is 38.8. The number of thiophene rings is 1. The van der Waals surface area contributed by atoms with Crippen molar-refractivity contribution in [1.82, 2.24) is 0 Å². The molecule has 262 valence electrons. The summed E-state index contributed by atoms with van der Waals surface area (Å²) in [5.41, 5.74) is 4.66. The Morgan fingerprint density at radius 1 is 0.917 bits per heavy atom. The summed E-state index contributed by atoms with van der Waals surface area (Å²) in [6, 6.07) is 11.4. The molecule has 0 bridgehead atoms. The molecule has 2 N–H and O–H groups in total. The Kier molecular flexibility index (Phi) is 8.79. The quantitative estimate of drug-likeness (QED) is 0.226. The number of rotatable bonds is 7. The Hall–Kier alpha value is -1.58. The number of allylic oxidation sites excluding steroid dienone is 1. The van der Waals surface area contributed by atoms with Crippen LogP contribution in [0.25, 0.3) is 11.1 Å². The van der Waals surface area contributed by atoms with Crippen LogP contribution in [0.15, 0.2) is 52.2 Å². The second-order valence-corrected chi connectivity index (χ2v) is 18.0. The molecule has 5 fully saturated rings. The van der Waals surface area contributed by atoms with Gasteiger partial charge in [-0.1, -0.05) is 50.6 Å². The van der Waals surface area contributed by atoms with Crippen LogP contribution in [0.5, 0.6) is 0 Å². The molecule has 1 unspecified atom stereocenters. The Balaban J connectivity index is 1.10. The largest absolute Gasteiger partial charge is 0.389 e. The molecule has 2 aliphatic heterocycles. The minimum atomic E-state index is -0.915. The van der Waals surface area contributed by atoms with Crippen molar-refractivity contribution in [3.8, 4) is 11.1 Å². The Morgan fingerprint density at radius 2 is 1.73 bits per heavy atom. The molecular formula is C41H56O6S. The maximum Gasteiger partial charge on any atom is 0.171 e. The minimum Gasteiger partial charge on any atom is -0.389 e. The number of hydrogen-bond acceptors (Lipinski definition) is 7. The first-order valence-corrected chi connectivity index (χ1v) is 19.8. The molecule has 3 saturated carbocycles. The molecule has 1 spiro atoms. The molecule has 4 aliphatic carbocycles. The topological polar surface area (TPSA) is 77.4 Å². The highest BCUT2D eigenvalue weighted by atomic mass is 32.1. The predicted molar refractivity (Wildman–Crippen MR) is 189 cm³/mol.